The maximum atomic E-state index is 10.3. The Balaban J connectivity index is 2.12. The molecule has 1 heteroatoms. The molecule has 0 spiro atoms. The van der Waals surface area contributed by atoms with Gasteiger partial charge in [-0.15, -0.1) is 0 Å². The summed E-state index contributed by atoms with van der Waals surface area (Å²) in [4.78, 5) is 0. The molecule has 0 amide bonds. The molecule has 1 aromatic carbocycles. The molecule has 0 bridgehead atoms. The van der Waals surface area contributed by atoms with Gasteiger partial charge in [-0.25, -0.2) is 0 Å². The Kier molecular flexibility index (Phi) is 3.58. The number of hydrogen-bond acceptors (Lipinski definition) is 1. The minimum Gasteiger partial charge on any atom is -0.508 e. The normalized spacial score (nSPS) is 30.6. The molecule has 1 N–H and O–H groups in total. The van der Waals surface area contributed by atoms with E-state index in [0.717, 1.165) is 25.2 Å². The third kappa shape index (κ3) is 2.20. The predicted octanol–water partition coefficient (Wildman–Crippen LogP) is 5.37. The summed E-state index contributed by atoms with van der Waals surface area (Å²) >= 11 is 0. The summed E-state index contributed by atoms with van der Waals surface area (Å²) < 4.78 is 0. The van der Waals surface area contributed by atoms with Gasteiger partial charge < -0.3 is 5.11 Å². The van der Waals surface area contributed by atoms with E-state index < -0.39 is 0 Å². The van der Waals surface area contributed by atoms with Crippen LogP contribution in [0.1, 0.15) is 76.5 Å². The Morgan fingerprint density at radius 2 is 1.95 bits per heavy atom. The lowest BCUT2D eigenvalue weighted by Crippen LogP contribution is -2.48. The molecule has 1 fully saturated rings. The molecular formula is C20H30O. The summed E-state index contributed by atoms with van der Waals surface area (Å²) in [5, 5.41) is 10.3. The molecule has 0 heterocycles. The number of hydrogen-bond donors (Lipinski definition) is 1. The van der Waals surface area contributed by atoms with Gasteiger partial charge in [0.05, 0.1) is 0 Å². The number of benzene rings is 1. The highest BCUT2D eigenvalue weighted by molar-refractivity contribution is 5.49. The highest BCUT2D eigenvalue weighted by atomic mass is 16.3. The lowest BCUT2D eigenvalue weighted by atomic mass is 9.50. The summed E-state index contributed by atoms with van der Waals surface area (Å²) in [5.74, 6) is 1.30. The van der Waals surface area contributed by atoms with Crippen LogP contribution in [-0.2, 0) is 18.3 Å². The van der Waals surface area contributed by atoms with E-state index in [0.29, 0.717) is 16.6 Å². The Morgan fingerprint density at radius 1 is 1.19 bits per heavy atom. The van der Waals surface area contributed by atoms with Gasteiger partial charge >= 0.3 is 0 Å². The van der Waals surface area contributed by atoms with Crippen LogP contribution in [0, 0.1) is 11.3 Å². The molecule has 1 nitrogen and oxygen atoms in total. The topological polar surface area (TPSA) is 20.2 Å². The van der Waals surface area contributed by atoms with Crippen molar-refractivity contribution in [2.75, 3.05) is 0 Å². The summed E-state index contributed by atoms with van der Waals surface area (Å²) in [5.41, 5.74) is 5.03. The zero-order valence-corrected chi connectivity index (χ0v) is 14.1. The second-order valence-electron chi connectivity index (χ2n) is 8.19. The first-order chi connectivity index (χ1) is 9.90. The lowest BCUT2D eigenvalue weighted by molar-refractivity contribution is 0.0405. The maximum Gasteiger partial charge on any atom is 0.119 e. The first-order valence-corrected chi connectivity index (χ1v) is 8.74. The monoisotopic (exact) mass is 286 g/mol. The fourth-order valence-electron chi connectivity index (χ4n) is 5.47. The fraction of sp³-hybridized carbons (Fsp3) is 0.700. The van der Waals surface area contributed by atoms with Gasteiger partial charge in [0, 0.05) is 0 Å². The molecular weight excluding hydrogens is 256 g/mol. The van der Waals surface area contributed by atoms with Gasteiger partial charge in [-0.1, -0.05) is 46.6 Å². The van der Waals surface area contributed by atoms with Crippen LogP contribution >= 0.6 is 0 Å². The molecule has 2 atom stereocenters. The van der Waals surface area contributed by atoms with Crippen molar-refractivity contribution in [3.8, 4) is 5.75 Å². The quantitative estimate of drug-likeness (QED) is 0.774. The fourth-order valence-corrected chi connectivity index (χ4v) is 5.47. The van der Waals surface area contributed by atoms with Crippen LogP contribution in [0.5, 0.6) is 5.75 Å². The molecule has 0 aromatic heterocycles. The van der Waals surface area contributed by atoms with E-state index in [1.165, 1.54) is 36.8 Å². The smallest absolute Gasteiger partial charge is 0.119 e. The third-order valence-corrected chi connectivity index (χ3v) is 6.43. The Morgan fingerprint density at radius 3 is 2.67 bits per heavy atom. The van der Waals surface area contributed by atoms with Gasteiger partial charge in [0.2, 0.25) is 0 Å². The molecule has 1 aromatic rings. The van der Waals surface area contributed by atoms with E-state index in [1.807, 2.05) is 6.07 Å². The summed E-state index contributed by atoms with van der Waals surface area (Å²) in [7, 11) is 0. The van der Waals surface area contributed by atoms with E-state index in [2.05, 4.69) is 33.8 Å². The number of phenolic OH excluding ortho intramolecular Hbond substituents is 1. The van der Waals surface area contributed by atoms with E-state index in [4.69, 9.17) is 0 Å². The largest absolute Gasteiger partial charge is 0.508 e. The van der Waals surface area contributed by atoms with Crippen LogP contribution in [0.2, 0.25) is 0 Å². The van der Waals surface area contributed by atoms with Crippen molar-refractivity contribution in [2.24, 2.45) is 11.3 Å². The van der Waals surface area contributed by atoms with Crippen molar-refractivity contribution in [3.05, 3.63) is 28.8 Å². The predicted molar refractivity (Wildman–Crippen MR) is 88.9 cm³/mol. The highest BCUT2D eigenvalue weighted by Crippen LogP contribution is 2.57. The molecule has 3 rings (SSSR count). The third-order valence-electron chi connectivity index (χ3n) is 6.43. The standard InChI is InChI=1S/C20H30O/c1-5-7-15-14-8-11-18-19(2,3)12-6-13-20(18,4)16(14)9-10-17(15)21/h9-10,18,21H,5-8,11-13H2,1-4H3. The van der Waals surface area contributed by atoms with E-state index in [-0.39, 0.29) is 0 Å². The van der Waals surface area contributed by atoms with Gasteiger partial charge in [0.25, 0.3) is 0 Å². The van der Waals surface area contributed by atoms with Crippen molar-refractivity contribution in [3.63, 3.8) is 0 Å². The number of aromatic hydroxyl groups is 1. The zero-order valence-electron chi connectivity index (χ0n) is 14.1. The summed E-state index contributed by atoms with van der Waals surface area (Å²) in [6.07, 6.45) is 8.57. The van der Waals surface area contributed by atoms with Crippen LogP contribution < -0.4 is 0 Å². The van der Waals surface area contributed by atoms with Crippen LogP contribution in [0.15, 0.2) is 12.1 Å². The SMILES string of the molecule is CCCc1c(O)ccc2c1CCC1C(C)(C)CCCC21C. The van der Waals surface area contributed by atoms with E-state index >= 15 is 0 Å². The average Bonchev–Trinajstić information content (AvgIpc) is 2.41. The molecule has 1 saturated carbocycles. The Hall–Kier alpha value is -0.980. The summed E-state index contributed by atoms with van der Waals surface area (Å²) in [6, 6.07) is 4.19. The van der Waals surface area contributed by atoms with Crippen molar-refractivity contribution in [1.82, 2.24) is 0 Å². The molecule has 2 unspecified atom stereocenters. The first kappa shape index (κ1) is 14.9. The maximum absolute atomic E-state index is 10.3. The number of phenols is 1. The highest BCUT2D eigenvalue weighted by Gasteiger charge is 2.49. The molecule has 116 valence electrons. The van der Waals surface area contributed by atoms with Crippen molar-refractivity contribution < 1.29 is 5.11 Å². The number of fused-ring (bicyclic) bond motifs is 3. The van der Waals surface area contributed by atoms with Crippen LogP contribution in [0.3, 0.4) is 0 Å². The molecule has 0 saturated heterocycles. The molecule has 2 aliphatic carbocycles. The molecule has 21 heavy (non-hydrogen) atoms. The molecule has 0 radical (unpaired) electrons. The minimum atomic E-state index is 0.311. The Bertz CT molecular complexity index is 543. The average molecular weight is 286 g/mol. The second-order valence-corrected chi connectivity index (χ2v) is 8.19. The van der Waals surface area contributed by atoms with Crippen molar-refractivity contribution in [2.45, 2.75) is 78.1 Å². The number of rotatable bonds is 2. The second kappa shape index (κ2) is 5.04. The molecule has 2 aliphatic rings. The molecule has 0 aliphatic heterocycles. The Labute approximate surface area is 129 Å². The van der Waals surface area contributed by atoms with Crippen LogP contribution in [0.25, 0.3) is 0 Å². The zero-order chi connectivity index (χ0) is 15.3. The van der Waals surface area contributed by atoms with Gasteiger partial charge in [-0.3, -0.25) is 0 Å². The summed E-state index contributed by atoms with van der Waals surface area (Å²) in [6.45, 7) is 9.63. The van der Waals surface area contributed by atoms with Crippen LogP contribution in [-0.4, -0.2) is 5.11 Å². The van der Waals surface area contributed by atoms with Gasteiger partial charge in [0.1, 0.15) is 5.75 Å². The van der Waals surface area contributed by atoms with Crippen molar-refractivity contribution >= 4 is 0 Å². The van der Waals surface area contributed by atoms with Crippen molar-refractivity contribution in [1.29, 1.82) is 0 Å². The van der Waals surface area contributed by atoms with Gasteiger partial charge in [-0.2, -0.15) is 0 Å². The van der Waals surface area contributed by atoms with E-state index in [9.17, 15) is 5.11 Å². The van der Waals surface area contributed by atoms with Gasteiger partial charge in [0.15, 0.2) is 0 Å². The lowest BCUT2D eigenvalue weighted by Gasteiger charge is -2.54. The first-order valence-electron chi connectivity index (χ1n) is 8.74. The van der Waals surface area contributed by atoms with Crippen LogP contribution in [0.4, 0.5) is 0 Å². The minimum absolute atomic E-state index is 0.311. The van der Waals surface area contributed by atoms with Gasteiger partial charge in [-0.05, 0) is 71.6 Å². The van der Waals surface area contributed by atoms with E-state index in [1.54, 1.807) is 5.56 Å².